The van der Waals surface area contributed by atoms with E-state index in [1.54, 1.807) is 58.3 Å². The Kier molecular flexibility index (Phi) is 9.82. The van der Waals surface area contributed by atoms with Crippen LogP contribution in [-0.2, 0) is 43.6 Å². The smallest absolute Gasteiger partial charge is 0.286 e. The third-order valence-electron chi connectivity index (χ3n) is 8.18. The number of hydrogen-bond donors (Lipinski definition) is 5. The van der Waals surface area contributed by atoms with Crippen molar-refractivity contribution in [3.8, 4) is 5.75 Å². The number of thiazole rings is 1. The highest BCUT2D eigenvalue weighted by molar-refractivity contribution is 8.00. The molecule has 0 unspecified atom stereocenters. The number of likely N-dealkylation sites (tertiary alicyclic amines) is 1. The summed E-state index contributed by atoms with van der Waals surface area (Å²) in [6.45, 7) is 1.05. The predicted octanol–water partition coefficient (Wildman–Crippen LogP) is -1.02. The molecule has 0 spiro atoms. The number of nitrogens with zero attached hydrogens (tertiary/aromatic N) is 5. The average molecular weight is 719 g/mol. The number of aromatic hydroxyl groups is 1. The van der Waals surface area contributed by atoms with E-state index >= 15 is 0 Å². The average Bonchev–Trinajstić information content (AvgIpc) is 3.67. The molecule has 258 valence electrons. The van der Waals surface area contributed by atoms with Gasteiger partial charge >= 0.3 is 0 Å². The Morgan fingerprint density at radius 2 is 1.96 bits per heavy atom. The Hall–Kier alpha value is -5.75. The van der Waals surface area contributed by atoms with Crippen LogP contribution >= 0.6 is 23.1 Å². The van der Waals surface area contributed by atoms with E-state index in [0.717, 1.165) is 27.4 Å². The molecule has 0 aliphatic carbocycles. The number of pyridine rings is 1. The number of amides is 4. The van der Waals surface area contributed by atoms with Crippen LogP contribution < -0.4 is 26.0 Å². The molecule has 5 heterocycles. The monoisotopic (exact) mass is 718 g/mol. The summed E-state index contributed by atoms with van der Waals surface area (Å²) in [6, 6.07) is 9.13. The van der Waals surface area contributed by atoms with Crippen LogP contribution in [-0.4, -0.2) is 84.1 Å². The number of hydrogen-bond acceptors (Lipinski definition) is 13. The number of carboxylic acid groups (broad SMARTS) is 1. The Balaban J connectivity index is 1.06. The maximum Gasteiger partial charge on any atom is 0.286 e. The van der Waals surface area contributed by atoms with Crippen LogP contribution in [0.5, 0.6) is 5.75 Å². The lowest BCUT2D eigenvalue weighted by Crippen LogP contribution is -2.71. The maximum atomic E-state index is 13.3. The van der Waals surface area contributed by atoms with Crippen molar-refractivity contribution in [2.24, 2.45) is 5.16 Å². The summed E-state index contributed by atoms with van der Waals surface area (Å²) in [7, 11) is 0. The zero-order valence-corrected chi connectivity index (χ0v) is 27.8. The van der Waals surface area contributed by atoms with Crippen LogP contribution in [0.4, 0.5) is 5.13 Å². The normalized spacial score (nSPS) is 19.8. The van der Waals surface area contributed by atoms with E-state index in [2.05, 4.69) is 20.8 Å². The van der Waals surface area contributed by atoms with Gasteiger partial charge in [0.1, 0.15) is 22.9 Å². The number of β-lactam (4-membered cyclic amide) rings is 1. The number of aromatic nitrogens is 2. The first-order valence-corrected chi connectivity index (χ1v) is 17.1. The quantitative estimate of drug-likeness (QED) is 0.0402. The number of fused-ring (bicyclic) bond motifs is 1. The highest BCUT2D eigenvalue weighted by Crippen LogP contribution is 2.41. The van der Waals surface area contributed by atoms with Gasteiger partial charge in [-0.05, 0) is 41.3 Å². The van der Waals surface area contributed by atoms with E-state index in [9.17, 15) is 39.4 Å². The summed E-state index contributed by atoms with van der Waals surface area (Å²) >= 11 is 2.24. The lowest BCUT2D eigenvalue weighted by Gasteiger charge is -2.50. The second-order valence-corrected chi connectivity index (χ2v) is 13.5. The Bertz CT molecular complexity index is 1980. The predicted molar refractivity (Wildman–Crippen MR) is 177 cm³/mol. The van der Waals surface area contributed by atoms with Gasteiger partial charge in [-0.25, -0.2) is 4.98 Å². The fraction of sp³-hybridized carbons (Fsp3) is 0.250. The van der Waals surface area contributed by atoms with Gasteiger partial charge in [-0.3, -0.25) is 24.1 Å². The van der Waals surface area contributed by atoms with Gasteiger partial charge in [-0.1, -0.05) is 17.3 Å². The largest absolute Gasteiger partial charge is 0.543 e. The molecular formula is C32H30N8O8S2. The van der Waals surface area contributed by atoms with Crippen molar-refractivity contribution in [2.45, 2.75) is 37.5 Å². The molecule has 2 fully saturated rings. The minimum Gasteiger partial charge on any atom is -0.543 e. The zero-order valence-electron chi connectivity index (χ0n) is 26.1. The molecule has 3 aromatic rings. The van der Waals surface area contributed by atoms with Crippen LogP contribution in [0.25, 0.3) is 0 Å². The summed E-state index contributed by atoms with van der Waals surface area (Å²) in [4.78, 5) is 70.4. The number of nitrogens with two attached hydrogens (primary N) is 1. The second-order valence-electron chi connectivity index (χ2n) is 11.5. The summed E-state index contributed by atoms with van der Waals surface area (Å²) in [5.41, 5.74) is 7.02. The van der Waals surface area contributed by atoms with Crippen molar-refractivity contribution in [3.63, 3.8) is 0 Å². The van der Waals surface area contributed by atoms with Gasteiger partial charge in [0.2, 0.25) is 12.5 Å². The fourth-order valence-corrected chi connectivity index (χ4v) is 7.59. The number of carbonyl (C=O) groups is 5. The van der Waals surface area contributed by atoms with E-state index in [1.807, 2.05) is 0 Å². The van der Waals surface area contributed by atoms with E-state index in [0.29, 0.717) is 25.1 Å². The third kappa shape index (κ3) is 7.15. The van der Waals surface area contributed by atoms with Gasteiger partial charge < -0.3 is 41.5 Å². The minimum atomic E-state index is -1.59. The molecule has 16 nitrogen and oxygen atoms in total. The second kappa shape index (κ2) is 14.4. The molecule has 0 radical (unpaired) electrons. The first-order chi connectivity index (χ1) is 24.0. The van der Waals surface area contributed by atoms with E-state index in [4.69, 9.17) is 5.73 Å². The molecule has 2 saturated heterocycles. The van der Waals surface area contributed by atoms with Gasteiger partial charge in [-0.15, -0.1) is 23.1 Å². The fourth-order valence-electron chi connectivity index (χ4n) is 5.73. The number of benzene rings is 1. The number of phenols is 1. The first-order valence-electron chi connectivity index (χ1n) is 15.2. The number of aliphatic carboxylic acids is 1. The van der Waals surface area contributed by atoms with E-state index in [-0.39, 0.29) is 58.5 Å². The molecule has 0 saturated carbocycles. The Morgan fingerprint density at radius 1 is 1.18 bits per heavy atom. The van der Waals surface area contributed by atoms with Crippen LogP contribution in [0.15, 0.2) is 82.2 Å². The topological polar surface area (TPSA) is 235 Å². The van der Waals surface area contributed by atoms with Crippen LogP contribution in [0.3, 0.4) is 0 Å². The molecule has 3 aliphatic heterocycles. The number of oxime groups is 1. The highest BCUT2D eigenvalue weighted by atomic mass is 32.2. The molecule has 3 aliphatic rings. The highest BCUT2D eigenvalue weighted by Gasteiger charge is 2.53. The molecule has 50 heavy (non-hydrogen) atoms. The molecule has 18 heteroatoms. The number of allylic oxidation sites excluding steroid dienone is 1. The minimum absolute atomic E-state index is 0.0192. The molecule has 2 atom stereocenters. The van der Waals surface area contributed by atoms with E-state index in [1.165, 1.54) is 23.2 Å². The van der Waals surface area contributed by atoms with Crippen molar-refractivity contribution in [2.75, 3.05) is 18.0 Å². The number of thioether (sulfide) groups is 1. The maximum absolute atomic E-state index is 13.3. The van der Waals surface area contributed by atoms with Crippen molar-refractivity contribution < 1.29 is 44.0 Å². The van der Waals surface area contributed by atoms with Crippen molar-refractivity contribution in [1.82, 2.24) is 25.4 Å². The van der Waals surface area contributed by atoms with E-state index < -0.39 is 34.9 Å². The lowest BCUT2D eigenvalue weighted by atomic mass is 10.0. The van der Waals surface area contributed by atoms with Gasteiger partial charge in [0, 0.05) is 48.5 Å². The van der Waals surface area contributed by atoms with Crippen molar-refractivity contribution in [3.05, 3.63) is 93.9 Å². The summed E-state index contributed by atoms with van der Waals surface area (Å²) < 4.78 is 1.70. The summed E-state index contributed by atoms with van der Waals surface area (Å²) in [5.74, 6) is -3.41. The third-order valence-corrected chi connectivity index (χ3v) is 10.2. The molecular weight excluding hydrogens is 689 g/mol. The molecule has 6 rings (SSSR count). The van der Waals surface area contributed by atoms with Gasteiger partial charge in [0.25, 0.3) is 17.7 Å². The standard InChI is InChI=1S/C32H30N8O8S2/c33-32-35-22(16-50-32)24(37-48)27(43)36-25-29(45)40-26(31(46)47)20(15-49-30(25)40)11-19-6-9-39(28(19)44)13-17-4-7-38(8-5-17)14-23(42)34-12-18-2-1-3-21(41)10-18/h1-5,7-8,10-11,16,25,30H,6,9,12-15H2,(H6-,33,34,35,36,41,42,43,46,47,48)/t25-,30-/m1/s1. The van der Waals surface area contributed by atoms with Gasteiger partial charge in [0.15, 0.2) is 23.2 Å². The number of nitrogen functional groups attached to an aromatic ring is 1. The SMILES string of the molecule is Nc1nc(/C(=N/O)C(=O)N[C@@H]2C(=O)N3C(C(=O)[O-])=C(C=C4CCN(Cc5cc[n+](CC(=O)NCc6cccc(O)c6)cc5)C4=O)CS[C@H]23)cs1. The molecule has 6 N–H and O–H groups in total. The summed E-state index contributed by atoms with van der Waals surface area (Å²) in [6.07, 6.45) is 5.33. The number of nitrogens with one attached hydrogen (secondary N) is 2. The molecule has 4 amide bonds. The van der Waals surface area contributed by atoms with Crippen molar-refractivity contribution >= 4 is 63.5 Å². The number of phenolic OH excluding ortho intramolecular Hbond substituents is 1. The Morgan fingerprint density at radius 3 is 2.64 bits per heavy atom. The number of rotatable bonds is 11. The van der Waals surface area contributed by atoms with Gasteiger partial charge in [0.05, 0.1) is 11.7 Å². The van der Waals surface area contributed by atoms with Crippen LogP contribution in [0.1, 0.15) is 23.2 Å². The molecule has 1 aromatic carbocycles. The first kappa shape index (κ1) is 34.1. The number of anilines is 1. The Labute approximate surface area is 292 Å². The zero-order chi connectivity index (χ0) is 35.5. The number of carboxylic acids is 1. The van der Waals surface area contributed by atoms with Crippen molar-refractivity contribution in [1.29, 1.82) is 0 Å². The van der Waals surface area contributed by atoms with Crippen LogP contribution in [0, 0.1) is 0 Å². The molecule has 2 aromatic heterocycles. The molecule has 0 bridgehead atoms. The van der Waals surface area contributed by atoms with Gasteiger partial charge in [-0.2, -0.15) is 4.57 Å². The lowest BCUT2D eigenvalue weighted by molar-refractivity contribution is -0.684. The summed E-state index contributed by atoms with van der Waals surface area (Å²) in [5, 5.41) is 40.2. The van der Waals surface area contributed by atoms with Crippen LogP contribution in [0.2, 0.25) is 0 Å². The number of carbonyl (C=O) groups excluding carboxylic acids is 5.